The van der Waals surface area contributed by atoms with E-state index in [1.807, 2.05) is 0 Å². The van der Waals surface area contributed by atoms with Gasteiger partial charge in [-0.1, -0.05) is 0 Å². The van der Waals surface area contributed by atoms with Gasteiger partial charge in [0.25, 0.3) is 0 Å². The number of alkyl halides is 3. The van der Waals surface area contributed by atoms with Crippen LogP contribution in [0.2, 0.25) is 0 Å². The van der Waals surface area contributed by atoms with E-state index in [0.717, 1.165) is 4.90 Å². The van der Waals surface area contributed by atoms with Crippen LogP contribution in [0, 0.1) is 0 Å². The Hall–Kier alpha value is -1.51. The number of hydrogen-bond acceptors (Lipinski definition) is 3. The summed E-state index contributed by atoms with van der Waals surface area (Å²) in [5, 5.41) is 4.06. The van der Waals surface area contributed by atoms with Gasteiger partial charge in [0, 0.05) is 13.6 Å². The number of rotatable bonds is 2. The van der Waals surface area contributed by atoms with Crippen LogP contribution >= 0.6 is 0 Å². The van der Waals surface area contributed by atoms with Gasteiger partial charge in [0.1, 0.15) is 12.6 Å². The highest BCUT2D eigenvalue weighted by Crippen LogP contribution is 2.13. The number of nitrogens with zero attached hydrogens (tertiary/aromatic N) is 1. The Kier molecular flexibility index (Phi) is 4.76. The summed E-state index contributed by atoms with van der Waals surface area (Å²) < 4.78 is 40.9. The van der Waals surface area contributed by atoms with Crippen molar-refractivity contribution in [3.63, 3.8) is 0 Å². The fraction of sp³-hybridized carbons (Fsp3) is 0.778. The molecule has 1 fully saturated rings. The third-order valence-electron chi connectivity index (χ3n) is 2.38. The summed E-state index contributed by atoms with van der Waals surface area (Å²) in [6.45, 7) is -1.20. The lowest BCUT2D eigenvalue weighted by Crippen LogP contribution is -2.58. The molecule has 18 heavy (non-hydrogen) atoms. The van der Waals surface area contributed by atoms with Gasteiger partial charge in [0.2, 0.25) is 5.91 Å². The second-order valence-corrected chi connectivity index (χ2v) is 3.67. The van der Waals surface area contributed by atoms with Gasteiger partial charge < -0.3 is 20.3 Å². The first-order chi connectivity index (χ1) is 8.35. The Morgan fingerprint density at radius 2 is 2.11 bits per heavy atom. The van der Waals surface area contributed by atoms with Gasteiger partial charge in [-0.15, -0.1) is 0 Å². The Balaban J connectivity index is 2.60. The fourth-order valence-corrected chi connectivity index (χ4v) is 1.51. The van der Waals surface area contributed by atoms with E-state index in [1.165, 1.54) is 7.05 Å². The molecule has 0 aromatic rings. The highest BCUT2D eigenvalue weighted by Gasteiger charge is 2.34. The van der Waals surface area contributed by atoms with Gasteiger partial charge in [0.05, 0.1) is 13.2 Å². The molecule has 1 atom stereocenters. The topological polar surface area (TPSA) is 70.7 Å². The van der Waals surface area contributed by atoms with Crippen LogP contribution in [0.5, 0.6) is 0 Å². The maximum atomic E-state index is 12.0. The van der Waals surface area contributed by atoms with Crippen LogP contribution < -0.4 is 10.6 Å². The monoisotopic (exact) mass is 269 g/mol. The average Bonchev–Trinajstić information content (AvgIpc) is 2.34. The van der Waals surface area contributed by atoms with Crippen molar-refractivity contribution in [1.82, 2.24) is 15.5 Å². The van der Waals surface area contributed by atoms with Crippen molar-refractivity contribution < 1.29 is 27.5 Å². The summed E-state index contributed by atoms with van der Waals surface area (Å²) in [5.74, 6) is -0.475. The minimum atomic E-state index is -4.48. The van der Waals surface area contributed by atoms with E-state index in [2.05, 4.69) is 5.32 Å². The normalized spacial score (nSPS) is 20.4. The Morgan fingerprint density at radius 1 is 1.44 bits per heavy atom. The van der Waals surface area contributed by atoms with Gasteiger partial charge >= 0.3 is 12.2 Å². The number of likely N-dealkylation sites (N-methyl/N-ethyl adjacent to an activating group) is 1. The zero-order chi connectivity index (χ0) is 13.8. The largest absolute Gasteiger partial charge is 0.405 e. The van der Waals surface area contributed by atoms with Crippen LogP contribution in [-0.4, -0.2) is 62.4 Å². The van der Waals surface area contributed by atoms with Crippen molar-refractivity contribution in [2.24, 2.45) is 0 Å². The lowest BCUT2D eigenvalue weighted by Gasteiger charge is -2.34. The van der Waals surface area contributed by atoms with Crippen LogP contribution in [0.15, 0.2) is 0 Å². The second kappa shape index (κ2) is 5.89. The highest BCUT2D eigenvalue weighted by molar-refractivity contribution is 5.87. The smallest absolute Gasteiger partial charge is 0.377 e. The van der Waals surface area contributed by atoms with Crippen molar-refractivity contribution >= 4 is 11.9 Å². The maximum Gasteiger partial charge on any atom is 0.405 e. The first kappa shape index (κ1) is 14.6. The Bertz CT molecular complexity index is 322. The Morgan fingerprint density at radius 3 is 2.67 bits per heavy atom. The third-order valence-corrected chi connectivity index (χ3v) is 2.38. The SMILES string of the molecule is CNC(=O)C1COCCN1C(=O)NCC(F)(F)F. The molecule has 1 saturated heterocycles. The number of urea groups is 1. The van der Waals surface area contributed by atoms with Crippen LogP contribution in [0.4, 0.5) is 18.0 Å². The molecular weight excluding hydrogens is 255 g/mol. The third kappa shape index (κ3) is 4.06. The summed E-state index contributed by atoms with van der Waals surface area (Å²) in [4.78, 5) is 24.0. The van der Waals surface area contributed by atoms with Crippen LogP contribution in [-0.2, 0) is 9.53 Å². The molecule has 0 radical (unpaired) electrons. The van der Waals surface area contributed by atoms with Gasteiger partial charge in [-0.05, 0) is 0 Å². The first-order valence-electron chi connectivity index (χ1n) is 5.25. The molecule has 104 valence electrons. The first-order valence-corrected chi connectivity index (χ1v) is 5.25. The van der Waals surface area contributed by atoms with Crippen LogP contribution in [0.25, 0.3) is 0 Å². The highest BCUT2D eigenvalue weighted by atomic mass is 19.4. The van der Waals surface area contributed by atoms with Crippen molar-refractivity contribution in [2.45, 2.75) is 12.2 Å². The predicted octanol–water partition coefficient (Wildman–Crippen LogP) is -0.295. The zero-order valence-electron chi connectivity index (χ0n) is 9.71. The maximum absolute atomic E-state index is 12.0. The molecule has 1 rings (SSSR count). The van der Waals surface area contributed by atoms with E-state index in [1.54, 1.807) is 5.32 Å². The molecular formula is C9H14F3N3O3. The average molecular weight is 269 g/mol. The number of ether oxygens (including phenoxy) is 1. The summed E-state index contributed by atoms with van der Waals surface area (Å²) in [6.07, 6.45) is -4.48. The van der Waals surface area contributed by atoms with E-state index >= 15 is 0 Å². The van der Waals surface area contributed by atoms with Gasteiger partial charge in [-0.2, -0.15) is 13.2 Å². The zero-order valence-corrected chi connectivity index (χ0v) is 9.71. The molecule has 0 bridgehead atoms. The van der Waals surface area contributed by atoms with Gasteiger partial charge in [-0.3, -0.25) is 4.79 Å². The number of nitrogens with one attached hydrogen (secondary N) is 2. The lowest BCUT2D eigenvalue weighted by molar-refractivity contribution is -0.130. The van der Waals surface area contributed by atoms with Crippen molar-refractivity contribution in [1.29, 1.82) is 0 Å². The van der Waals surface area contributed by atoms with E-state index in [0.29, 0.717) is 0 Å². The van der Waals surface area contributed by atoms with Crippen LogP contribution in [0.3, 0.4) is 0 Å². The van der Waals surface area contributed by atoms with E-state index < -0.39 is 30.7 Å². The molecule has 0 aliphatic carbocycles. The molecule has 0 aromatic carbocycles. The van der Waals surface area contributed by atoms with Crippen molar-refractivity contribution in [3.8, 4) is 0 Å². The molecule has 1 unspecified atom stereocenters. The molecule has 0 saturated carbocycles. The van der Waals surface area contributed by atoms with Crippen LogP contribution in [0.1, 0.15) is 0 Å². The summed E-state index contributed by atoms with van der Waals surface area (Å²) in [7, 11) is 1.38. The molecule has 6 nitrogen and oxygen atoms in total. The predicted molar refractivity (Wildman–Crippen MR) is 54.8 cm³/mol. The number of amides is 3. The fourth-order valence-electron chi connectivity index (χ4n) is 1.51. The van der Waals surface area contributed by atoms with Gasteiger partial charge in [-0.25, -0.2) is 4.79 Å². The quantitative estimate of drug-likeness (QED) is 0.723. The summed E-state index contributed by atoms with van der Waals surface area (Å²) >= 11 is 0. The van der Waals surface area contributed by atoms with Gasteiger partial charge in [0.15, 0.2) is 0 Å². The second-order valence-electron chi connectivity index (χ2n) is 3.67. The molecule has 1 aliphatic rings. The van der Waals surface area contributed by atoms with Crippen molar-refractivity contribution in [2.75, 3.05) is 33.4 Å². The standard InChI is InChI=1S/C9H14F3N3O3/c1-13-7(16)6-4-18-3-2-15(6)8(17)14-5-9(10,11)12/h6H,2-5H2,1H3,(H,13,16)(H,14,17). The number of hydrogen-bond donors (Lipinski definition) is 2. The molecule has 1 heterocycles. The molecule has 0 aromatic heterocycles. The lowest BCUT2D eigenvalue weighted by atomic mass is 10.2. The summed E-state index contributed by atoms with van der Waals surface area (Å²) in [5.41, 5.74) is 0. The number of halogens is 3. The molecule has 2 N–H and O–H groups in total. The number of carbonyl (C=O) groups excluding carboxylic acids is 2. The Labute approximate surface area is 101 Å². The van der Waals surface area contributed by atoms with E-state index in [9.17, 15) is 22.8 Å². The molecule has 1 aliphatic heterocycles. The number of carbonyl (C=O) groups is 2. The summed E-state index contributed by atoms with van der Waals surface area (Å²) in [6, 6.07) is -1.83. The molecule has 3 amide bonds. The minimum absolute atomic E-state index is 0.0287. The van der Waals surface area contributed by atoms with E-state index in [4.69, 9.17) is 4.74 Å². The molecule has 9 heteroatoms. The molecule has 0 spiro atoms. The number of morpholine rings is 1. The van der Waals surface area contributed by atoms with E-state index in [-0.39, 0.29) is 19.8 Å². The minimum Gasteiger partial charge on any atom is -0.377 e. The van der Waals surface area contributed by atoms with Crippen molar-refractivity contribution in [3.05, 3.63) is 0 Å².